The summed E-state index contributed by atoms with van der Waals surface area (Å²) in [4.78, 5) is 4.37. The van der Waals surface area contributed by atoms with Crippen molar-refractivity contribution >= 4 is 0 Å². The van der Waals surface area contributed by atoms with Crippen molar-refractivity contribution < 1.29 is 4.74 Å². The first-order chi connectivity index (χ1) is 8.22. The summed E-state index contributed by atoms with van der Waals surface area (Å²) < 4.78 is 7.44. The Balaban J connectivity index is 2.18. The van der Waals surface area contributed by atoms with Crippen molar-refractivity contribution in [2.75, 3.05) is 19.8 Å². The van der Waals surface area contributed by atoms with Gasteiger partial charge in [-0.1, -0.05) is 13.8 Å². The van der Waals surface area contributed by atoms with Gasteiger partial charge in [0.15, 0.2) is 0 Å². The average Bonchev–Trinajstić information content (AvgIpc) is 2.72. The highest BCUT2D eigenvalue weighted by Crippen LogP contribution is 1.98. The van der Waals surface area contributed by atoms with E-state index in [0.717, 1.165) is 45.0 Å². The fourth-order valence-electron chi connectivity index (χ4n) is 1.60. The zero-order chi connectivity index (χ0) is 12.5. The Hall–Kier alpha value is -0.870. The second kappa shape index (κ2) is 8.25. The highest BCUT2D eigenvalue weighted by Gasteiger charge is 1.99. The maximum Gasteiger partial charge on any atom is 0.0949 e. The number of nitrogens with zero attached hydrogens (tertiary/aromatic N) is 2. The molecule has 17 heavy (non-hydrogen) atoms. The van der Waals surface area contributed by atoms with Crippen molar-refractivity contribution in [1.82, 2.24) is 14.9 Å². The number of imidazole rings is 1. The Morgan fingerprint density at radius 2 is 2.29 bits per heavy atom. The highest BCUT2D eigenvalue weighted by atomic mass is 16.5. The molecule has 0 aromatic carbocycles. The molecule has 0 aliphatic carbocycles. The molecule has 98 valence electrons. The van der Waals surface area contributed by atoms with Crippen LogP contribution >= 0.6 is 0 Å². The van der Waals surface area contributed by atoms with Crippen LogP contribution in [0.3, 0.4) is 0 Å². The molecule has 1 aromatic heterocycles. The smallest absolute Gasteiger partial charge is 0.0949 e. The standard InChI is InChI=1S/C13H25N3O/c1-4-17-7-5-6-16-10-13(15-11-16)9-14-8-12(2)3/h10-12,14H,4-9H2,1-3H3. The van der Waals surface area contributed by atoms with E-state index < -0.39 is 0 Å². The molecule has 0 unspecified atom stereocenters. The van der Waals surface area contributed by atoms with E-state index in [2.05, 4.69) is 34.9 Å². The molecule has 4 nitrogen and oxygen atoms in total. The van der Waals surface area contributed by atoms with E-state index in [-0.39, 0.29) is 0 Å². The van der Waals surface area contributed by atoms with Gasteiger partial charge < -0.3 is 14.6 Å². The number of hydrogen-bond acceptors (Lipinski definition) is 3. The zero-order valence-corrected chi connectivity index (χ0v) is 11.3. The summed E-state index contributed by atoms with van der Waals surface area (Å²) in [6.07, 6.45) is 5.06. The van der Waals surface area contributed by atoms with Gasteiger partial charge in [-0.05, 0) is 25.8 Å². The molecule has 0 spiro atoms. The van der Waals surface area contributed by atoms with E-state index in [0.29, 0.717) is 5.92 Å². The van der Waals surface area contributed by atoms with Gasteiger partial charge in [0, 0.05) is 32.5 Å². The van der Waals surface area contributed by atoms with Crippen molar-refractivity contribution in [3.63, 3.8) is 0 Å². The molecule has 1 rings (SSSR count). The van der Waals surface area contributed by atoms with Crippen molar-refractivity contribution in [3.05, 3.63) is 18.2 Å². The molecule has 0 fully saturated rings. The lowest BCUT2D eigenvalue weighted by atomic mass is 10.2. The molecular formula is C13H25N3O. The fraction of sp³-hybridized carbons (Fsp3) is 0.769. The third-order valence-electron chi connectivity index (χ3n) is 2.45. The first-order valence-electron chi connectivity index (χ1n) is 6.51. The van der Waals surface area contributed by atoms with E-state index in [1.807, 2.05) is 13.3 Å². The van der Waals surface area contributed by atoms with Gasteiger partial charge in [-0.15, -0.1) is 0 Å². The lowest BCUT2D eigenvalue weighted by Crippen LogP contribution is -2.19. The Morgan fingerprint density at radius 3 is 3.00 bits per heavy atom. The fourth-order valence-corrected chi connectivity index (χ4v) is 1.60. The van der Waals surface area contributed by atoms with Crippen molar-refractivity contribution in [2.45, 2.75) is 40.3 Å². The second-order valence-electron chi connectivity index (χ2n) is 4.68. The first-order valence-corrected chi connectivity index (χ1v) is 6.51. The van der Waals surface area contributed by atoms with Crippen LogP contribution < -0.4 is 5.32 Å². The predicted molar refractivity (Wildman–Crippen MR) is 69.9 cm³/mol. The van der Waals surface area contributed by atoms with Crippen molar-refractivity contribution in [2.24, 2.45) is 5.92 Å². The number of hydrogen-bond donors (Lipinski definition) is 1. The molecule has 0 aliphatic rings. The lowest BCUT2D eigenvalue weighted by Gasteiger charge is -2.05. The van der Waals surface area contributed by atoms with Crippen LogP contribution in [-0.4, -0.2) is 29.3 Å². The zero-order valence-electron chi connectivity index (χ0n) is 11.3. The molecule has 0 amide bonds. The van der Waals surface area contributed by atoms with E-state index in [1.54, 1.807) is 0 Å². The molecule has 0 radical (unpaired) electrons. The monoisotopic (exact) mass is 239 g/mol. The molecule has 0 aliphatic heterocycles. The molecule has 1 N–H and O–H groups in total. The van der Waals surface area contributed by atoms with Crippen LogP contribution in [0.5, 0.6) is 0 Å². The van der Waals surface area contributed by atoms with Gasteiger partial charge in [-0.2, -0.15) is 0 Å². The number of rotatable bonds is 9. The van der Waals surface area contributed by atoms with Gasteiger partial charge >= 0.3 is 0 Å². The minimum atomic E-state index is 0.684. The summed E-state index contributed by atoms with van der Waals surface area (Å²) in [5.41, 5.74) is 1.11. The molecular weight excluding hydrogens is 214 g/mol. The van der Waals surface area contributed by atoms with Crippen LogP contribution in [0.1, 0.15) is 32.9 Å². The molecule has 1 heterocycles. The second-order valence-corrected chi connectivity index (χ2v) is 4.68. The van der Waals surface area contributed by atoms with Gasteiger partial charge in [0.1, 0.15) is 0 Å². The SMILES string of the molecule is CCOCCCn1cnc(CNCC(C)C)c1. The highest BCUT2D eigenvalue weighted by molar-refractivity contribution is 4.96. The normalized spacial score (nSPS) is 11.3. The van der Waals surface area contributed by atoms with E-state index >= 15 is 0 Å². The largest absolute Gasteiger partial charge is 0.382 e. The minimum Gasteiger partial charge on any atom is -0.382 e. The van der Waals surface area contributed by atoms with E-state index in [9.17, 15) is 0 Å². The van der Waals surface area contributed by atoms with E-state index in [1.165, 1.54) is 0 Å². The summed E-state index contributed by atoms with van der Waals surface area (Å²) >= 11 is 0. The maximum atomic E-state index is 5.31. The topological polar surface area (TPSA) is 39.1 Å². The minimum absolute atomic E-state index is 0.684. The van der Waals surface area contributed by atoms with Crippen LogP contribution in [-0.2, 0) is 17.8 Å². The Kier molecular flexibility index (Phi) is 6.89. The Morgan fingerprint density at radius 1 is 1.47 bits per heavy atom. The predicted octanol–water partition coefficient (Wildman–Crippen LogP) is 2.06. The number of nitrogens with one attached hydrogen (secondary N) is 1. The van der Waals surface area contributed by atoms with Crippen LogP contribution in [0.25, 0.3) is 0 Å². The summed E-state index contributed by atoms with van der Waals surface area (Å²) in [7, 11) is 0. The number of aromatic nitrogens is 2. The van der Waals surface area contributed by atoms with Gasteiger partial charge in [-0.25, -0.2) is 4.98 Å². The summed E-state index contributed by atoms with van der Waals surface area (Å²) in [6.45, 7) is 10.9. The summed E-state index contributed by atoms with van der Waals surface area (Å²) in [5, 5.41) is 3.39. The average molecular weight is 239 g/mol. The number of ether oxygens (including phenoxy) is 1. The molecule has 0 atom stereocenters. The van der Waals surface area contributed by atoms with E-state index in [4.69, 9.17) is 4.74 Å². The van der Waals surface area contributed by atoms with Gasteiger partial charge in [-0.3, -0.25) is 0 Å². The molecule has 0 saturated heterocycles. The van der Waals surface area contributed by atoms with Crippen molar-refractivity contribution in [1.29, 1.82) is 0 Å². The third-order valence-corrected chi connectivity index (χ3v) is 2.45. The molecule has 4 heteroatoms. The number of aryl methyl sites for hydroxylation is 1. The van der Waals surface area contributed by atoms with Crippen LogP contribution in [0.2, 0.25) is 0 Å². The van der Waals surface area contributed by atoms with Crippen LogP contribution in [0.15, 0.2) is 12.5 Å². The molecule has 1 aromatic rings. The van der Waals surface area contributed by atoms with Crippen molar-refractivity contribution in [3.8, 4) is 0 Å². The van der Waals surface area contributed by atoms with Gasteiger partial charge in [0.05, 0.1) is 12.0 Å². The third kappa shape index (κ3) is 6.44. The van der Waals surface area contributed by atoms with Gasteiger partial charge in [0.2, 0.25) is 0 Å². The summed E-state index contributed by atoms with van der Waals surface area (Å²) in [6, 6.07) is 0. The molecule has 0 saturated carbocycles. The quantitative estimate of drug-likeness (QED) is 0.670. The Labute approximate surface area is 104 Å². The summed E-state index contributed by atoms with van der Waals surface area (Å²) in [5.74, 6) is 0.684. The first kappa shape index (κ1) is 14.2. The maximum absolute atomic E-state index is 5.31. The van der Waals surface area contributed by atoms with Crippen LogP contribution in [0, 0.1) is 5.92 Å². The Bertz CT molecular complexity index is 297. The molecule has 0 bridgehead atoms. The van der Waals surface area contributed by atoms with Crippen LogP contribution in [0.4, 0.5) is 0 Å². The lowest BCUT2D eigenvalue weighted by molar-refractivity contribution is 0.141. The van der Waals surface area contributed by atoms with Gasteiger partial charge in [0.25, 0.3) is 0 Å².